The molecule has 2 N–H and O–H groups in total. The number of hydrogen-bond acceptors (Lipinski definition) is 5. The zero-order valence-electron chi connectivity index (χ0n) is 12.5. The fourth-order valence-electron chi connectivity index (χ4n) is 2.80. The van der Waals surface area contributed by atoms with E-state index in [4.69, 9.17) is 15.2 Å². The topological polar surface area (TPSA) is 68.0 Å². The highest BCUT2D eigenvalue weighted by atomic mass is 16.7. The first-order valence-electron chi connectivity index (χ1n) is 7.59. The maximum absolute atomic E-state index is 12.0. The van der Waals surface area contributed by atoms with Crippen molar-refractivity contribution in [3.63, 3.8) is 0 Å². The Labute approximate surface area is 121 Å². The van der Waals surface area contributed by atoms with Gasteiger partial charge in [-0.1, -0.05) is 0 Å². The van der Waals surface area contributed by atoms with Gasteiger partial charge in [-0.15, -0.1) is 0 Å². The van der Waals surface area contributed by atoms with Crippen molar-refractivity contribution in [2.45, 2.75) is 31.5 Å². The van der Waals surface area contributed by atoms with E-state index in [2.05, 4.69) is 4.90 Å². The molecule has 2 aliphatic heterocycles. The molecule has 0 aromatic carbocycles. The van der Waals surface area contributed by atoms with E-state index in [1.54, 1.807) is 4.90 Å². The fraction of sp³-hybridized carbons (Fsp3) is 0.929. The minimum Gasteiger partial charge on any atom is -0.347 e. The van der Waals surface area contributed by atoms with Gasteiger partial charge in [0.2, 0.25) is 5.91 Å². The van der Waals surface area contributed by atoms with Gasteiger partial charge < -0.3 is 25.0 Å². The van der Waals surface area contributed by atoms with E-state index in [-0.39, 0.29) is 11.7 Å². The highest BCUT2D eigenvalue weighted by Crippen LogP contribution is 2.31. The number of nitrogens with two attached hydrogens (primary N) is 1. The Morgan fingerprint density at radius 2 is 1.95 bits per heavy atom. The van der Waals surface area contributed by atoms with E-state index >= 15 is 0 Å². The van der Waals surface area contributed by atoms with Crippen LogP contribution < -0.4 is 5.73 Å². The van der Waals surface area contributed by atoms with Crippen LogP contribution in [0, 0.1) is 0 Å². The first kappa shape index (κ1) is 15.7. The number of hydrogen-bond donors (Lipinski definition) is 1. The van der Waals surface area contributed by atoms with Crippen molar-refractivity contribution in [3.8, 4) is 0 Å². The summed E-state index contributed by atoms with van der Waals surface area (Å²) in [5, 5.41) is 0. The molecule has 0 bridgehead atoms. The molecular weight excluding hydrogens is 258 g/mol. The maximum atomic E-state index is 12.0. The van der Waals surface area contributed by atoms with Gasteiger partial charge in [-0.05, 0) is 13.0 Å². The van der Waals surface area contributed by atoms with Crippen LogP contribution in [0.5, 0.6) is 0 Å². The van der Waals surface area contributed by atoms with Crippen LogP contribution in [0.1, 0.15) is 25.7 Å². The van der Waals surface area contributed by atoms with Crippen molar-refractivity contribution in [1.29, 1.82) is 0 Å². The van der Waals surface area contributed by atoms with Crippen molar-refractivity contribution in [2.24, 2.45) is 5.73 Å². The third-order valence-electron chi connectivity index (χ3n) is 4.20. The molecule has 0 aromatic rings. The molecule has 2 fully saturated rings. The molecule has 116 valence electrons. The highest BCUT2D eigenvalue weighted by Gasteiger charge is 2.39. The molecule has 1 spiro atoms. The summed E-state index contributed by atoms with van der Waals surface area (Å²) in [6, 6.07) is 0. The van der Waals surface area contributed by atoms with E-state index in [1.165, 1.54) is 0 Å². The number of ether oxygens (including phenoxy) is 2. The molecule has 0 aliphatic carbocycles. The van der Waals surface area contributed by atoms with Crippen LogP contribution in [-0.4, -0.2) is 74.5 Å². The number of carbonyl (C=O) groups excluding carboxylic acids is 1. The van der Waals surface area contributed by atoms with E-state index < -0.39 is 0 Å². The first-order valence-corrected chi connectivity index (χ1v) is 7.59. The van der Waals surface area contributed by atoms with Crippen molar-refractivity contribution < 1.29 is 14.3 Å². The molecule has 2 aliphatic rings. The van der Waals surface area contributed by atoms with Gasteiger partial charge in [0.05, 0.1) is 13.2 Å². The predicted molar refractivity (Wildman–Crippen MR) is 76.2 cm³/mol. The predicted octanol–water partition coefficient (Wildman–Crippen LogP) is 0.0226. The molecule has 0 unspecified atom stereocenters. The lowest BCUT2D eigenvalue weighted by molar-refractivity contribution is -0.185. The van der Waals surface area contributed by atoms with Gasteiger partial charge in [-0.25, -0.2) is 0 Å². The quantitative estimate of drug-likeness (QED) is 0.745. The molecule has 0 aromatic heterocycles. The molecule has 0 radical (unpaired) electrons. The minimum atomic E-state index is -0.321. The van der Waals surface area contributed by atoms with Crippen LogP contribution in [0.4, 0.5) is 0 Å². The summed E-state index contributed by atoms with van der Waals surface area (Å²) in [5.74, 6) is -0.120. The molecule has 2 rings (SSSR count). The average molecular weight is 285 g/mol. The average Bonchev–Trinajstić information content (AvgIpc) is 2.92. The van der Waals surface area contributed by atoms with Gasteiger partial charge in [-0.2, -0.15) is 0 Å². The number of amides is 1. The van der Waals surface area contributed by atoms with E-state index in [0.717, 1.165) is 45.4 Å². The number of carbonyl (C=O) groups is 1. The van der Waals surface area contributed by atoms with Gasteiger partial charge in [0, 0.05) is 52.5 Å². The third kappa shape index (κ3) is 4.15. The van der Waals surface area contributed by atoms with E-state index in [9.17, 15) is 4.79 Å². The summed E-state index contributed by atoms with van der Waals surface area (Å²) in [5.41, 5.74) is 5.45. The SMILES string of the molecule is CN(CCCN)C(=O)CCN1CCC2(CC1)OCCO2. The van der Waals surface area contributed by atoms with Crippen LogP contribution >= 0.6 is 0 Å². The lowest BCUT2D eigenvalue weighted by Crippen LogP contribution is -2.46. The van der Waals surface area contributed by atoms with Gasteiger partial charge in [0.15, 0.2) is 5.79 Å². The normalized spacial score (nSPS) is 22.3. The molecule has 2 saturated heterocycles. The lowest BCUT2D eigenvalue weighted by atomic mass is 10.0. The Morgan fingerprint density at radius 3 is 2.55 bits per heavy atom. The second-order valence-corrected chi connectivity index (χ2v) is 5.66. The second-order valence-electron chi connectivity index (χ2n) is 5.66. The summed E-state index contributed by atoms with van der Waals surface area (Å²) < 4.78 is 11.4. The summed E-state index contributed by atoms with van der Waals surface area (Å²) in [7, 11) is 1.85. The van der Waals surface area contributed by atoms with Gasteiger partial charge in [0.25, 0.3) is 0 Å². The number of piperidine rings is 1. The Bertz CT molecular complexity index is 309. The number of nitrogens with zero attached hydrogens (tertiary/aromatic N) is 2. The number of likely N-dealkylation sites (tertiary alicyclic amines) is 1. The Hall–Kier alpha value is -0.690. The largest absolute Gasteiger partial charge is 0.347 e. The molecule has 6 heteroatoms. The molecule has 1 amide bonds. The maximum Gasteiger partial charge on any atom is 0.223 e. The third-order valence-corrected chi connectivity index (χ3v) is 4.20. The molecule has 2 heterocycles. The van der Waals surface area contributed by atoms with Crippen LogP contribution in [0.3, 0.4) is 0 Å². The van der Waals surface area contributed by atoms with Gasteiger partial charge in [0.1, 0.15) is 0 Å². The first-order chi connectivity index (χ1) is 9.65. The van der Waals surface area contributed by atoms with Crippen LogP contribution in [-0.2, 0) is 14.3 Å². The zero-order chi connectivity index (χ0) is 14.4. The fourth-order valence-corrected chi connectivity index (χ4v) is 2.80. The molecule has 0 atom stereocenters. The highest BCUT2D eigenvalue weighted by molar-refractivity contribution is 5.76. The summed E-state index contributed by atoms with van der Waals surface area (Å²) in [6.45, 7) is 5.52. The van der Waals surface area contributed by atoms with Crippen molar-refractivity contribution >= 4 is 5.91 Å². The van der Waals surface area contributed by atoms with Crippen LogP contribution in [0.15, 0.2) is 0 Å². The summed E-state index contributed by atoms with van der Waals surface area (Å²) in [6.07, 6.45) is 3.26. The van der Waals surface area contributed by atoms with Crippen LogP contribution in [0.25, 0.3) is 0 Å². The van der Waals surface area contributed by atoms with Gasteiger partial charge in [-0.3, -0.25) is 4.79 Å². The van der Waals surface area contributed by atoms with E-state index in [0.29, 0.717) is 26.2 Å². The second kappa shape index (κ2) is 7.36. The Balaban J connectivity index is 1.64. The summed E-state index contributed by atoms with van der Waals surface area (Å²) in [4.78, 5) is 16.1. The van der Waals surface area contributed by atoms with Crippen molar-refractivity contribution in [3.05, 3.63) is 0 Å². The minimum absolute atomic E-state index is 0.201. The zero-order valence-corrected chi connectivity index (χ0v) is 12.5. The lowest BCUT2D eigenvalue weighted by Gasteiger charge is -2.37. The Kier molecular flexibility index (Phi) is 5.77. The van der Waals surface area contributed by atoms with Crippen molar-refractivity contribution in [2.75, 3.05) is 53.0 Å². The molecule has 0 saturated carbocycles. The summed E-state index contributed by atoms with van der Waals surface area (Å²) >= 11 is 0. The standard InChI is InChI=1S/C14H27N3O3/c1-16(7-2-6-15)13(18)3-8-17-9-4-14(5-10-17)19-11-12-20-14/h2-12,15H2,1H3. The number of rotatable bonds is 6. The Morgan fingerprint density at radius 1 is 1.30 bits per heavy atom. The monoisotopic (exact) mass is 285 g/mol. The van der Waals surface area contributed by atoms with E-state index in [1.807, 2.05) is 7.05 Å². The smallest absolute Gasteiger partial charge is 0.223 e. The van der Waals surface area contributed by atoms with Gasteiger partial charge >= 0.3 is 0 Å². The molecule has 6 nitrogen and oxygen atoms in total. The van der Waals surface area contributed by atoms with Crippen molar-refractivity contribution in [1.82, 2.24) is 9.80 Å². The molecular formula is C14H27N3O3. The molecule has 20 heavy (non-hydrogen) atoms. The van der Waals surface area contributed by atoms with Crippen LogP contribution in [0.2, 0.25) is 0 Å².